The molecule has 8 heteroatoms. The Morgan fingerprint density at radius 3 is 2.64 bits per heavy atom. The molecule has 140 valence electrons. The Morgan fingerprint density at radius 2 is 1.96 bits per heavy atom. The van der Waals surface area contributed by atoms with Gasteiger partial charge in [0.15, 0.2) is 5.82 Å². The zero-order valence-electron chi connectivity index (χ0n) is 15.8. The lowest BCUT2D eigenvalue weighted by Crippen LogP contribution is -2.53. The van der Waals surface area contributed by atoms with E-state index >= 15 is 0 Å². The van der Waals surface area contributed by atoms with Gasteiger partial charge >= 0.3 is 0 Å². The summed E-state index contributed by atoms with van der Waals surface area (Å²) in [5.74, 6) is 1.80. The molecule has 0 N–H and O–H groups in total. The Bertz CT molecular complexity index is 567. The minimum atomic E-state index is 0.194. The molecule has 1 aromatic rings. The van der Waals surface area contributed by atoms with Gasteiger partial charge in [0.1, 0.15) is 0 Å². The molecule has 2 aliphatic heterocycles. The second kappa shape index (κ2) is 8.23. The minimum Gasteiger partial charge on any atom is -0.340 e. The fourth-order valence-electron chi connectivity index (χ4n) is 4.04. The van der Waals surface area contributed by atoms with Crippen molar-refractivity contribution in [3.8, 4) is 0 Å². The predicted octanol–water partition coefficient (Wildman–Crippen LogP) is 0.458. The van der Waals surface area contributed by atoms with Crippen molar-refractivity contribution in [1.82, 2.24) is 34.9 Å². The molecule has 0 aromatic carbocycles. The van der Waals surface area contributed by atoms with E-state index in [9.17, 15) is 4.79 Å². The number of amides is 1. The van der Waals surface area contributed by atoms with Crippen molar-refractivity contribution in [1.29, 1.82) is 0 Å². The zero-order valence-corrected chi connectivity index (χ0v) is 15.8. The van der Waals surface area contributed by atoms with Gasteiger partial charge in [-0.05, 0) is 22.8 Å². The Morgan fingerprint density at radius 1 is 1.20 bits per heavy atom. The van der Waals surface area contributed by atoms with Gasteiger partial charge in [-0.2, -0.15) is 0 Å². The third kappa shape index (κ3) is 4.36. The van der Waals surface area contributed by atoms with Gasteiger partial charge in [0, 0.05) is 58.8 Å². The maximum Gasteiger partial charge on any atom is 0.219 e. The fourth-order valence-corrected chi connectivity index (χ4v) is 4.04. The minimum absolute atomic E-state index is 0.194. The van der Waals surface area contributed by atoms with Crippen molar-refractivity contribution in [2.75, 3.05) is 39.3 Å². The number of unbranched alkanes of at least 4 members (excludes halogenated alkanes) is 1. The standard InChI is InChI=1S/C17H31N7O/c1-4-5-6-24-17(18-19-20-24)13-21-11-14(2)16(12-21)23-9-7-22(8-10-23)15(3)25/h14,16H,4-13H2,1-3H3. The molecular weight excluding hydrogens is 318 g/mol. The van der Waals surface area contributed by atoms with E-state index in [1.807, 2.05) is 9.58 Å². The Hall–Kier alpha value is -1.54. The number of aromatic nitrogens is 4. The lowest BCUT2D eigenvalue weighted by molar-refractivity contribution is -0.130. The Kier molecular flexibility index (Phi) is 6.01. The summed E-state index contributed by atoms with van der Waals surface area (Å²) in [6, 6.07) is 0.564. The van der Waals surface area contributed by atoms with Gasteiger partial charge < -0.3 is 4.90 Å². The number of hydrogen-bond acceptors (Lipinski definition) is 6. The van der Waals surface area contributed by atoms with Crippen LogP contribution in [0.25, 0.3) is 0 Å². The normalized spacial score (nSPS) is 25.6. The molecule has 0 bridgehead atoms. The molecule has 3 heterocycles. The predicted molar refractivity (Wildman–Crippen MR) is 94.8 cm³/mol. The lowest BCUT2D eigenvalue weighted by atomic mass is 10.0. The average molecular weight is 349 g/mol. The highest BCUT2D eigenvalue weighted by molar-refractivity contribution is 5.73. The molecule has 0 saturated carbocycles. The molecule has 0 aliphatic carbocycles. The maximum atomic E-state index is 11.5. The van der Waals surface area contributed by atoms with Gasteiger partial charge in [0.2, 0.25) is 5.91 Å². The summed E-state index contributed by atoms with van der Waals surface area (Å²) < 4.78 is 1.95. The van der Waals surface area contributed by atoms with Crippen LogP contribution in [0.1, 0.15) is 39.4 Å². The molecule has 8 nitrogen and oxygen atoms in total. The van der Waals surface area contributed by atoms with Crippen molar-refractivity contribution in [3.63, 3.8) is 0 Å². The Labute approximate surface area is 150 Å². The van der Waals surface area contributed by atoms with E-state index in [-0.39, 0.29) is 5.91 Å². The topological polar surface area (TPSA) is 70.4 Å². The van der Waals surface area contributed by atoms with Gasteiger partial charge in [-0.3, -0.25) is 14.6 Å². The van der Waals surface area contributed by atoms with Crippen molar-refractivity contribution in [2.24, 2.45) is 5.92 Å². The summed E-state index contributed by atoms with van der Waals surface area (Å²) in [6.45, 7) is 13.7. The van der Waals surface area contributed by atoms with Crippen LogP contribution in [0.3, 0.4) is 0 Å². The number of tetrazole rings is 1. The number of nitrogens with zero attached hydrogens (tertiary/aromatic N) is 7. The van der Waals surface area contributed by atoms with Crippen LogP contribution in [0.4, 0.5) is 0 Å². The summed E-state index contributed by atoms with van der Waals surface area (Å²) in [7, 11) is 0. The molecule has 3 rings (SSSR count). The van der Waals surface area contributed by atoms with Crippen molar-refractivity contribution in [2.45, 2.75) is 52.7 Å². The second-order valence-electron chi connectivity index (χ2n) is 7.45. The highest BCUT2D eigenvalue weighted by Crippen LogP contribution is 2.24. The van der Waals surface area contributed by atoms with E-state index in [4.69, 9.17) is 0 Å². The second-order valence-corrected chi connectivity index (χ2v) is 7.45. The van der Waals surface area contributed by atoms with E-state index < -0.39 is 0 Å². The number of likely N-dealkylation sites (tertiary alicyclic amines) is 1. The van der Waals surface area contributed by atoms with Crippen molar-refractivity contribution >= 4 is 5.91 Å². The van der Waals surface area contributed by atoms with Crippen LogP contribution in [0.2, 0.25) is 0 Å². The van der Waals surface area contributed by atoms with Gasteiger partial charge in [0.05, 0.1) is 6.54 Å². The molecule has 2 aliphatic rings. The van der Waals surface area contributed by atoms with E-state index in [0.29, 0.717) is 12.0 Å². The number of carbonyl (C=O) groups excluding carboxylic acids is 1. The molecule has 2 fully saturated rings. The highest BCUT2D eigenvalue weighted by Gasteiger charge is 2.35. The largest absolute Gasteiger partial charge is 0.340 e. The highest BCUT2D eigenvalue weighted by atomic mass is 16.2. The molecule has 1 aromatic heterocycles. The Balaban J connectivity index is 1.53. The number of rotatable bonds is 6. The molecule has 1 amide bonds. The average Bonchev–Trinajstić information content (AvgIpc) is 3.19. The first-order valence-electron chi connectivity index (χ1n) is 9.55. The van der Waals surface area contributed by atoms with E-state index in [0.717, 1.165) is 71.0 Å². The van der Waals surface area contributed by atoms with E-state index in [1.165, 1.54) is 0 Å². The molecule has 25 heavy (non-hydrogen) atoms. The van der Waals surface area contributed by atoms with Gasteiger partial charge in [0.25, 0.3) is 0 Å². The molecule has 0 radical (unpaired) electrons. The molecule has 2 atom stereocenters. The number of aryl methyl sites for hydroxylation is 1. The summed E-state index contributed by atoms with van der Waals surface area (Å²) in [4.78, 5) is 18.5. The van der Waals surface area contributed by atoms with Crippen LogP contribution in [0.15, 0.2) is 0 Å². The first-order chi connectivity index (χ1) is 12.1. The SMILES string of the molecule is CCCCn1nnnc1CN1CC(C)C(N2CCN(C(C)=O)CC2)C1. The maximum absolute atomic E-state index is 11.5. The van der Waals surface area contributed by atoms with Gasteiger partial charge in [-0.1, -0.05) is 20.3 Å². The van der Waals surface area contributed by atoms with E-state index in [1.54, 1.807) is 6.92 Å². The molecular formula is C17H31N7O. The first-order valence-corrected chi connectivity index (χ1v) is 9.55. The van der Waals surface area contributed by atoms with Crippen LogP contribution in [0, 0.1) is 5.92 Å². The summed E-state index contributed by atoms with van der Waals surface area (Å²) in [5.41, 5.74) is 0. The van der Waals surface area contributed by atoms with Crippen LogP contribution in [-0.4, -0.2) is 86.1 Å². The molecule has 2 unspecified atom stereocenters. The number of piperazine rings is 1. The number of hydrogen-bond donors (Lipinski definition) is 0. The lowest BCUT2D eigenvalue weighted by Gasteiger charge is -2.39. The van der Waals surface area contributed by atoms with Crippen LogP contribution >= 0.6 is 0 Å². The first kappa shape index (κ1) is 18.3. The van der Waals surface area contributed by atoms with Crippen molar-refractivity contribution in [3.05, 3.63) is 5.82 Å². The fraction of sp³-hybridized carbons (Fsp3) is 0.882. The van der Waals surface area contributed by atoms with Crippen LogP contribution < -0.4 is 0 Å². The number of carbonyl (C=O) groups is 1. The summed E-state index contributed by atoms with van der Waals surface area (Å²) in [5, 5.41) is 12.2. The smallest absolute Gasteiger partial charge is 0.219 e. The third-order valence-corrected chi connectivity index (χ3v) is 5.57. The van der Waals surface area contributed by atoms with Crippen molar-refractivity contribution < 1.29 is 4.79 Å². The van der Waals surface area contributed by atoms with Crippen LogP contribution in [0.5, 0.6) is 0 Å². The van der Waals surface area contributed by atoms with E-state index in [2.05, 4.69) is 39.2 Å². The quantitative estimate of drug-likeness (QED) is 0.743. The third-order valence-electron chi connectivity index (χ3n) is 5.57. The van der Waals surface area contributed by atoms with Gasteiger partial charge in [-0.25, -0.2) is 4.68 Å². The summed E-state index contributed by atoms with van der Waals surface area (Å²) in [6.07, 6.45) is 2.26. The summed E-state index contributed by atoms with van der Waals surface area (Å²) >= 11 is 0. The zero-order chi connectivity index (χ0) is 17.8. The molecule has 0 spiro atoms. The van der Waals surface area contributed by atoms with Crippen LogP contribution in [-0.2, 0) is 17.9 Å². The monoisotopic (exact) mass is 349 g/mol. The molecule has 2 saturated heterocycles. The van der Waals surface area contributed by atoms with Gasteiger partial charge in [-0.15, -0.1) is 5.10 Å².